The van der Waals surface area contributed by atoms with Gasteiger partial charge in [-0.05, 0) is 24.0 Å². The summed E-state index contributed by atoms with van der Waals surface area (Å²) in [5.74, 6) is 0. The molecule has 0 aliphatic rings. The van der Waals surface area contributed by atoms with Crippen molar-refractivity contribution in [2.24, 2.45) is 9.98 Å². The van der Waals surface area contributed by atoms with Gasteiger partial charge >= 0.3 is 0 Å². The van der Waals surface area contributed by atoms with Crippen molar-refractivity contribution in [1.29, 1.82) is 0 Å². The predicted molar refractivity (Wildman–Crippen MR) is 102 cm³/mol. The number of nitrogens with zero attached hydrogens (tertiary/aromatic N) is 2. The molecule has 0 atom stereocenters. The van der Waals surface area contributed by atoms with Gasteiger partial charge in [0.1, 0.15) is 11.1 Å². The molecule has 4 heteroatoms. The van der Waals surface area contributed by atoms with E-state index in [0.29, 0.717) is 12.8 Å². The highest BCUT2D eigenvalue weighted by Crippen LogP contribution is 2.49. The van der Waals surface area contributed by atoms with Crippen LogP contribution in [-0.2, 0) is 15.1 Å². The van der Waals surface area contributed by atoms with Gasteiger partial charge in [0.05, 0.1) is 0 Å². The molecule has 0 bridgehead atoms. The van der Waals surface area contributed by atoms with Crippen molar-refractivity contribution in [3.8, 4) is 0 Å². The van der Waals surface area contributed by atoms with Crippen molar-refractivity contribution in [1.82, 2.24) is 0 Å². The third-order valence-corrected chi connectivity index (χ3v) is 4.86. The van der Waals surface area contributed by atoms with E-state index in [9.17, 15) is 9.59 Å². The quantitative estimate of drug-likeness (QED) is 0.476. The summed E-state index contributed by atoms with van der Waals surface area (Å²) in [6.45, 7) is 4.08. The summed E-state index contributed by atoms with van der Waals surface area (Å²) in [6, 6.07) is 19.1. The summed E-state index contributed by atoms with van der Waals surface area (Å²) in [5.41, 5.74) is -0.398. The predicted octanol–water partition coefficient (Wildman–Crippen LogP) is 4.94. The van der Waals surface area contributed by atoms with Crippen LogP contribution in [0, 0.1) is 0 Å². The number of rotatable bonds is 9. The number of hydrogen-bond acceptors (Lipinski definition) is 4. The van der Waals surface area contributed by atoms with Crippen LogP contribution in [0.5, 0.6) is 0 Å². The Morgan fingerprint density at radius 1 is 0.731 bits per heavy atom. The first kappa shape index (κ1) is 19.5. The monoisotopic (exact) mass is 348 g/mol. The summed E-state index contributed by atoms with van der Waals surface area (Å²) < 4.78 is 0. The van der Waals surface area contributed by atoms with Crippen LogP contribution in [0.1, 0.15) is 50.7 Å². The maximum atomic E-state index is 11.6. The minimum atomic E-state index is -1.12. The maximum Gasteiger partial charge on any atom is 0.236 e. The zero-order valence-electron chi connectivity index (χ0n) is 15.3. The average Bonchev–Trinajstić information content (AvgIpc) is 2.68. The van der Waals surface area contributed by atoms with Crippen LogP contribution in [-0.4, -0.2) is 17.7 Å². The van der Waals surface area contributed by atoms with E-state index >= 15 is 0 Å². The van der Waals surface area contributed by atoms with E-state index in [2.05, 4.69) is 9.98 Å². The Labute approximate surface area is 154 Å². The maximum absolute atomic E-state index is 11.6. The molecular weight excluding hydrogens is 324 g/mol. The number of hydrogen-bond donors (Lipinski definition) is 0. The van der Waals surface area contributed by atoms with Gasteiger partial charge in [-0.15, -0.1) is 0 Å². The third kappa shape index (κ3) is 3.43. The summed E-state index contributed by atoms with van der Waals surface area (Å²) in [4.78, 5) is 31.7. The highest BCUT2D eigenvalue weighted by atomic mass is 16.1. The summed E-state index contributed by atoms with van der Waals surface area (Å²) >= 11 is 0. The first-order valence-electron chi connectivity index (χ1n) is 9.00. The van der Waals surface area contributed by atoms with Gasteiger partial charge in [0, 0.05) is 0 Å². The molecule has 4 nitrogen and oxygen atoms in total. The van der Waals surface area contributed by atoms with Crippen molar-refractivity contribution in [3.05, 3.63) is 71.8 Å². The average molecular weight is 348 g/mol. The van der Waals surface area contributed by atoms with E-state index in [1.165, 1.54) is 0 Å². The normalized spacial score (nSPS) is 11.3. The lowest BCUT2D eigenvalue weighted by atomic mass is 9.64. The fourth-order valence-corrected chi connectivity index (χ4v) is 3.96. The highest BCUT2D eigenvalue weighted by molar-refractivity contribution is 5.51. The molecule has 0 saturated carbocycles. The van der Waals surface area contributed by atoms with Gasteiger partial charge in [-0.1, -0.05) is 87.4 Å². The lowest BCUT2D eigenvalue weighted by Crippen LogP contribution is -2.50. The van der Waals surface area contributed by atoms with Crippen molar-refractivity contribution < 1.29 is 9.59 Å². The Hall–Kier alpha value is -2.80. The molecule has 26 heavy (non-hydrogen) atoms. The lowest BCUT2D eigenvalue weighted by Gasteiger charge is -2.44. The van der Waals surface area contributed by atoms with Gasteiger partial charge in [0.2, 0.25) is 12.2 Å². The molecule has 0 aliphatic heterocycles. The lowest BCUT2D eigenvalue weighted by molar-refractivity contribution is 0.228. The van der Waals surface area contributed by atoms with E-state index in [-0.39, 0.29) is 0 Å². The molecule has 0 amide bonds. The van der Waals surface area contributed by atoms with Gasteiger partial charge < -0.3 is 0 Å². The number of aliphatic imine (C=N–C) groups is 2. The Morgan fingerprint density at radius 3 is 1.50 bits per heavy atom. The largest absolute Gasteiger partial charge is 0.236 e. The molecular formula is C22H24N2O2. The smallest absolute Gasteiger partial charge is 0.211 e. The molecule has 2 aromatic rings. The van der Waals surface area contributed by atoms with E-state index in [1.54, 1.807) is 12.2 Å². The van der Waals surface area contributed by atoms with E-state index < -0.39 is 11.1 Å². The van der Waals surface area contributed by atoms with Crippen LogP contribution in [0.4, 0.5) is 0 Å². The van der Waals surface area contributed by atoms with Crippen LogP contribution in [0.2, 0.25) is 0 Å². The summed E-state index contributed by atoms with van der Waals surface area (Å²) in [6.07, 6.45) is 6.33. The molecule has 2 aromatic carbocycles. The van der Waals surface area contributed by atoms with Crippen LogP contribution < -0.4 is 0 Å². The molecule has 0 heterocycles. The summed E-state index contributed by atoms with van der Waals surface area (Å²) in [7, 11) is 0. The molecule has 134 valence electrons. The molecule has 0 unspecified atom stereocenters. The molecule has 0 N–H and O–H groups in total. The number of benzene rings is 2. The zero-order valence-corrected chi connectivity index (χ0v) is 15.3. The Morgan fingerprint density at radius 2 is 1.15 bits per heavy atom. The van der Waals surface area contributed by atoms with Gasteiger partial charge in [0.15, 0.2) is 0 Å². The molecule has 0 spiro atoms. The van der Waals surface area contributed by atoms with E-state index in [4.69, 9.17) is 0 Å². The van der Waals surface area contributed by atoms with Gasteiger partial charge in [-0.25, -0.2) is 9.59 Å². The van der Waals surface area contributed by atoms with Crippen LogP contribution >= 0.6 is 0 Å². The zero-order chi connectivity index (χ0) is 18.9. The fraction of sp³-hybridized carbons (Fsp3) is 0.364. The van der Waals surface area contributed by atoms with Crippen molar-refractivity contribution in [3.63, 3.8) is 0 Å². The minimum Gasteiger partial charge on any atom is -0.211 e. The SMILES string of the molecule is CCCC(CCC)(N=C=O)C(N=C=O)(c1ccccc1)c1ccccc1. The van der Waals surface area contributed by atoms with Crippen LogP contribution in [0.15, 0.2) is 70.6 Å². The molecule has 0 aliphatic carbocycles. The van der Waals surface area contributed by atoms with E-state index in [0.717, 1.165) is 24.0 Å². The number of isocyanates is 2. The minimum absolute atomic E-state index is 0.602. The van der Waals surface area contributed by atoms with E-state index in [1.807, 2.05) is 74.5 Å². The second-order valence-electron chi connectivity index (χ2n) is 6.38. The van der Waals surface area contributed by atoms with Gasteiger partial charge in [-0.3, -0.25) is 0 Å². The first-order valence-corrected chi connectivity index (χ1v) is 9.00. The molecule has 0 radical (unpaired) electrons. The second kappa shape index (κ2) is 9.05. The standard InChI is InChI=1S/C22H24N2O2/c1-3-15-21(16-4-2,23-17-25)22(24-18-26,19-11-7-5-8-12-19)20-13-9-6-10-14-20/h5-14H,3-4,15-16H2,1-2H3. The summed E-state index contributed by atoms with van der Waals surface area (Å²) in [5, 5.41) is 0. The molecule has 0 aromatic heterocycles. The van der Waals surface area contributed by atoms with Crippen molar-refractivity contribution >= 4 is 12.2 Å². The molecule has 0 saturated heterocycles. The van der Waals surface area contributed by atoms with Gasteiger partial charge in [0.25, 0.3) is 0 Å². The van der Waals surface area contributed by atoms with Crippen LogP contribution in [0.25, 0.3) is 0 Å². The Balaban J connectivity index is 2.97. The first-order chi connectivity index (χ1) is 12.7. The van der Waals surface area contributed by atoms with Crippen LogP contribution in [0.3, 0.4) is 0 Å². The highest BCUT2D eigenvalue weighted by Gasteiger charge is 2.53. The Bertz CT molecular complexity index is 744. The third-order valence-electron chi connectivity index (χ3n) is 4.86. The molecule has 0 fully saturated rings. The Kier molecular flexibility index (Phi) is 6.80. The topological polar surface area (TPSA) is 58.9 Å². The van der Waals surface area contributed by atoms with Crippen molar-refractivity contribution in [2.75, 3.05) is 0 Å². The van der Waals surface area contributed by atoms with Gasteiger partial charge in [-0.2, -0.15) is 9.98 Å². The second-order valence-corrected chi connectivity index (χ2v) is 6.38. The fourth-order valence-electron chi connectivity index (χ4n) is 3.96. The number of carbonyl (C=O) groups excluding carboxylic acids is 2. The molecule has 2 rings (SSSR count). The van der Waals surface area contributed by atoms with Crippen molar-refractivity contribution in [2.45, 2.75) is 50.6 Å².